The van der Waals surface area contributed by atoms with Gasteiger partial charge in [0.05, 0.1) is 6.54 Å². The molecule has 0 aromatic rings. The molecule has 0 radical (unpaired) electrons. The molecule has 1 aliphatic heterocycles. The van der Waals surface area contributed by atoms with Gasteiger partial charge < -0.3 is 15.5 Å². The Morgan fingerprint density at radius 3 is 2.28 bits per heavy atom. The van der Waals surface area contributed by atoms with Crippen molar-refractivity contribution in [3.63, 3.8) is 0 Å². The molecule has 2 N–H and O–H groups in total. The van der Waals surface area contributed by atoms with Gasteiger partial charge >= 0.3 is 0 Å². The van der Waals surface area contributed by atoms with Crippen molar-refractivity contribution >= 4 is 11.9 Å². The first-order chi connectivity index (χ1) is 11.9. The number of guanidine groups is 1. The number of amides is 1. The van der Waals surface area contributed by atoms with Crippen LogP contribution in [0.25, 0.3) is 0 Å². The van der Waals surface area contributed by atoms with Gasteiger partial charge in [-0.15, -0.1) is 0 Å². The van der Waals surface area contributed by atoms with Gasteiger partial charge in [0.1, 0.15) is 0 Å². The predicted molar refractivity (Wildman–Crippen MR) is 106 cm³/mol. The van der Waals surface area contributed by atoms with Crippen molar-refractivity contribution < 1.29 is 4.79 Å². The van der Waals surface area contributed by atoms with E-state index in [0.717, 1.165) is 51.5 Å². The fourth-order valence-corrected chi connectivity index (χ4v) is 3.52. The van der Waals surface area contributed by atoms with Crippen LogP contribution < -0.4 is 10.6 Å². The summed E-state index contributed by atoms with van der Waals surface area (Å²) in [6, 6.07) is 1.08. The van der Waals surface area contributed by atoms with Crippen LogP contribution in [0.3, 0.4) is 0 Å². The van der Waals surface area contributed by atoms with Gasteiger partial charge in [-0.05, 0) is 53.4 Å². The number of likely N-dealkylation sites (tertiary alicyclic amines) is 1. The Hall–Kier alpha value is -1.30. The maximum atomic E-state index is 11.5. The van der Waals surface area contributed by atoms with Gasteiger partial charge in [-0.3, -0.25) is 14.7 Å². The molecular weight excluding hydrogens is 314 g/mol. The summed E-state index contributed by atoms with van der Waals surface area (Å²) < 4.78 is 0. The smallest absolute Gasteiger partial charge is 0.220 e. The first kappa shape index (κ1) is 21.7. The lowest BCUT2D eigenvalue weighted by Gasteiger charge is -2.34. The highest BCUT2D eigenvalue weighted by Crippen LogP contribution is 2.20. The van der Waals surface area contributed by atoms with E-state index in [4.69, 9.17) is 4.99 Å². The minimum Gasteiger partial charge on any atom is -0.359 e. The van der Waals surface area contributed by atoms with Crippen LogP contribution >= 0.6 is 0 Å². The summed E-state index contributed by atoms with van der Waals surface area (Å²) in [6.45, 7) is 15.7. The SMILES string of the molecule is CCNC(=NCCN(C(C)C)C(C)C)N1CCC(CC(=O)NC)CC1. The Kier molecular flexibility index (Phi) is 9.86. The first-order valence-electron chi connectivity index (χ1n) is 9.88. The third-order valence-corrected chi connectivity index (χ3v) is 4.95. The molecule has 1 rings (SSSR count). The van der Waals surface area contributed by atoms with Crippen LogP contribution in [-0.2, 0) is 4.79 Å². The normalized spacial score (nSPS) is 16.8. The Balaban J connectivity index is 2.55. The topological polar surface area (TPSA) is 60.0 Å². The largest absolute Gasteiger partial charge is 0.359 e. The summed E-state index contributed by atoms with van der Waals surface area (Å²) >= 11 is 0. The number of carbonyl (C=O) groups excluding carboxylic acids is 1. The lowest BCUT2D eigenvalue weighted by molar-refractivity contribution is -0.121. The van der Waals surface area contributed by atoms with E-state index < -0.39 is 0 Å². The number of nitrogens with one attached hydrogen (secondary N) is 2. The molecule has 0 atom stereocenters. The summed E-state index contributed by atoms with van der Waals surface area (Å²) in [6.07, 6.45) is 2.76. The van der Waals surface area contributed by atoms with E-state index in [1.807, 2.05) is 0 Å². The summed E-state index contributed by atoms with van der Waals surface area (Å²) in [4.78, 5) is 21.2. The third-order valence-electron chi connectivity index (χ3n) is 4.95. The lowest BCUT2D eigenvalue weighted by atomic mass is 9.93. The zero-order valence-corrected chi connectivity index (χ0v) is 17.1. The molecule has 0 bridgehead atoms. The average molecular weight is 354 g/mol. The number of piperidine rings is 1. The molecule has 0 aromatic carbocycles. The number of hydrogen-bond acceptors (Lipinski definition) is 3. The molecule has 0 spiro atoms. The van der Waals surface area contributed by atoms with E-state index in [1.54, 1.807) is 7.05 Å². The maximum absolute atomic E-state index is 11.5. The van der Waals surface area contributed by atoms with Crippen LogP contribution in [0.5, 0.6) is 0 Å². The number of nitrogens with zero attached hydrogens (tertiary/aromatic N) is 3. The molecule has 1 saturated heterocycles. The van der Waals surface area contributed by atoms with E-state index in [0.29, 0.717) is 24.4 Å². The Bertz CT molecular complexity index is 406. The fourth-order valence-electron chi connectivity index (χ4n) is 3.52. The van der Waals surface area contributed by atoms with Crippen LogP contribution in [0.2, 0.25) is 0 Å². The highest BCUT2D eigenvalue weighted by Gasteiger charge is 2.23. The van der Waals surface area contributed by atoms with E-state index in [1.165, 1.54) is 0 Å². The van der Waals surface area contributed by atoms with Crippen molar-refractivity contribution in [1.29, 1.82) is 0 Å². The van der Waals surface area contributed by atoms with Crippen LogP contribution in [0.1, 0.15) is 53.9 Å². The first-order valence-corrected chi connectivity index (χ1v) is 9.88. The second-order valence-electron chi connectivity index (χ2n) is 7.47. The van der Waals surface area contributed by atoms with Crippen molar-refractivity contribution in [2.45, 2.75) is 66.0 Å². The number of carbonyl (C=O) groups is 1. The summed E-state index contributed by atoms with van der Waals surface area (Å²) in [7, 11) is 1.71. The van der Waals surface area contributed by atoms with Crippen LogP contribution in [-0.4, -0.2) is 73.5 Å². The van der Waals surface area contributed by atoms with Gasteiger partial charge in [-0.1, -0.05) is 0 Å². The van der Waals surface area contributed by atoms with Crippen molar-refractivity contribution in [3.05, 3.63) is 0 Å². The third kappa shape index (κ3) is 7.63. The summed E-state index contributed by atoms with van der Waals surface area (Å²) in [5.41, 5.74) is 0. The minimum atomic E-state index is 0.154. The average Bonchev–Trinajstić information content (AvgIpc) is 2.57. The van der Waals surface area contributed by atoms with Gasteiger partial charge in [0.15, 0.2) is 5.96 Å². The Labute approximate surface area is 154 Å². The summed E-state index contributed by atoms with van der Waals surface area (Å²) in [5.74, 6) is 1.67. The molecule has 1 amide bonds. The fraction of sp³-hybridized carbons (Fsp3) is 0.895. The molecule has 0 saturated carbocycles. The Morgan fingerprint density at radius 2 is 1.80 bits per heavy atom. The van der Waals surface area contributed by atoms with Gasteiger partial charge in [-0.25, -0.2) is 0 Å². The lowest BCUT2D eigenvalue weighted by Crippen LogP contribution is -2.46. The molecular formula is C19H39N5O. The molecule has 1 aliphatic rings. The Morgan fingerprint density at radius 1 is 1.20 bits per heavy atom. The molecule has 1 heterocycles. The molecule has 1 fully saturated rings. The van der Waals surface area contributed by atoms with Crippen LogP contribution in [0, 0.1) is 5.92 Å². The van der Waals surface area contributed by atoms with Gasteiger partial charge in [0.2, 0.25) is 5.91 Å². The minimum absolute atomic E-state index is 0.154. The van der Waals surface area contributed by atoms with Gasteiger partial charge in [0, 0.05) is 51.7 Å². The highest BCUT2D eigenvalue weighted by atomic mass is 16.1. The van der Waals surface area contributed by atoms with Crippen molar-refractivity contribution in [2.75, 3.05) is 39.8 Å². The van der Waals surface area contributed by atoms with Crippen LogP contribution in [0.15, 0.2) is 4.99 Å². The van der Waals surface area contributed by atoms with Gasteiger partial charge in [-0.2, -0.15) is 0 Å². The molecule has 6 nitrogen and oxygen atoms in total. The second kappa shape index (κ2) is 11.3. The molecule has 6 heteroatoms. The molecule has 0 aromatic heterocycles. The quantitative estimate of drug-likeness (QED) is 0.517. The predicted octanol–water partition coefficient (Wildman–Crippen LogP) is 1.92. The molecule has 0 unspecified atom stereocenters. The number of aliphatic imine (C=N–C) groups is 1. The van der Waals surface area contributed by atoms with Crippen LogP contribution in [0.4, 0.5) is 0 Å². The van der Waals surface area contributed by atoms with Gasteiger partial charge in [0.25, 0.3) is 0 Å². The standard InChI is InChI=1S/C19H39N5O/c1-7-21-19(22-10-13-24(15(2)3)16(4)5)23-11-8-17(9-12-23)14-18(25)20-6/h15-17H,7-14H2,1-6H3,(H,20,25)(H,21,22). The van der Waals surface area contributed by atoms with Crippen molar-refractivity contribution in [1.82, 2.24) is 20.4 Å². The zero-order valence-electron chi connectivity index (χ0n) is 17.1. The maximum Gasteiger partial charge on any atom is 0.220 e. The van der Waals surface area contributed by atoms with E-state index in [-0.39, 0.29) is 5.91 Å². The van der Waals surface area contributed by atoms with E-state index in [2.05, 4.69) is 55.1 Å². The zero-order chi connectivity index (χ0) is 18.8. The van der Waals surface area contributed by atoms with E-state index in [9.17, 15) is 4.79 Å². The second-order valence-corrected chi connectivity index (χ2v) is 7.47. The number of hydrogen-bond donors (Lipinski definition) is 2. The van der Waals surface area contributed by atoms with E-state index >= 15 is 0 Å². The van der Waals surface area contributed by atoms with Crippen molar-refractivity contribution in [3.8, 4) is 0 Å². The molecule has 146 valence electrons. The number of rotatable bonds is 8. The van der Waals surface area contributed by atoms with Crippen molar-refractivity contribution in [2.24, 2.45) is 10.9 Å². The molecule has 0 aliphatic carbocycles. The highest BCUT2D eigenvalue weighted by molar-refractivity contribution is 5.80. The monoisotopic (exact) mass is 353 g/mol. The molecule has 25 heavy (non-hydrogen) atoms. The summed E-state index contributed by atoms with van der Waals surface area (Å²) in [5, 5.41) is 6.16.